The first-order chi connectivity index (χ1) is 26.2. The van der Waals surface area contributed by atoms with Gasteiger partial charge in [-0.05, 0) is 58.2 Å². The lowest BCUT2D eigenvalue weighted by atomic mass is 10.0. The summed E-state index contributed by atoms with van der Waals surface area (Å²) >= 11 is 0. The second-order valence-corrected chi connectivity index (χ2v) is 14.9. The minimum absolute atomic E-state index is 0.0160. The Bertz CT molecular complexity index is 1860. The number of carbonyl (C=O) groups is 5. The molecular weight excluding hydrogens is 704 g/mol. The average Bonchev–Trinajstić information content (AvgIpc) is 3.66. The molecule has 3 aromatic rings. The van der Waals surface area contributed by atoms with Crippen molar-refractivity contribution in [3.8, 4) is 5.88 Å². The number of amides is 5. The van der Waals surface area contributed by atoms with E-state index in [2.05, 4.69) is 41.2 Å². The fourth-order valence-corrected chi connectivity index (χ4v) is 6.83. The van der Waals surface area contributed by atoms with Crippen molar-refractivity contribution in [1.82, 2.24) is 50.8 Å². The van der Waals surface area contributed by atoms with E-state index in [9.17, 15) is 24.0 Å². The molecule has 55 heavy (non-hydrogen) atoms. The molecule has 0 unspecified atom stereocenters. The number of benzene rings is 1. The van der Waals surface area contributed by atoms with Crippen LogP contribution in [0.1, 0.15) is 92.3 Å². The van der Waals surface area contributed by atoms with Gasteiger partial charge in [0.15, 0.2) is 5.82 Å². The van der Waals surface area contributed by atoms with Crippen LogP contribution >= 0.6 is 0 Å². The van der Waals surface area contributed by atoms with E-state index in [-0.39, 0.29) is 55.6 Å². The minimum atomic E-state index is -0.968. The summed E-state index contributed by atoms with van der Waals surface area (Å²) < 4.78 is 7.17. The van der Waals surface area contributed by atoms with Crippen molar-refractivity contribution in [1.29, 1.82) is 0 Å². The number of carbonyl (C=O) groups excluding carboxylic acids is 5. The van der Waals surface area contributed by atoms with Crippen molar-refractivity contribution >= 4 is 29.5 Å². The summed E-state index contributed by atoms with van der Waals surface area (Å²) in [7, 11) is 1.54. The van der Waals surface area contributed by atoms with Gasteiger partial charge in [-0.1, -0.05) is 44.2 Å². The van der Waals surface area contributed by atoms with Gasteiger partial charge in [-0.2, -0.15) is 5.10 Å². The average molecular weight is 759 g/mol. The molecule has 0 spiro atoms. The van der Waals surface area contributed by atoms with E-state index < -0.39 is 29.9 Å². The van der Waals surface area contributed by atoms with Crippen LogP contribution in [0, 0.1) is 12.8 Å². The molecule has 5 amide bonds. The van der Waals surface area contributed by atoms with Crippen LogP contribution in [0.2, 0.25) is 0 Å². The molecule has 16 nitrogen and oxygen atoms in total. The third-order valence-corrected chi connectivity index (χ3v) is 9.82. The van der Waals surface area contributed by atoms with Crippen molar-refractivity contribution in [2.45, 2.75) is 105 Å². The summed E-state index contributed by atoms with van der Waals surface area (Å²) in [5, 5.41) is 16.2. The van der Waals surface area contributed by atoms with Gasteiger partial charge >= 0.3 is 0 Å². The monoisotopic (exact) mass is 758 g/mol. The first-order valence-electron chi connectivity index (χ1n) is 19.0. The zero-order valence-electron chi connectivity index (χ0n) is 32.8. The molecule has 0 radical (unpaired) electrons. The number of nitrogens with zero attached hydrogens (tertiary/aromatic N) is 6. The van der Waals surface area contributed by atoms with Gasteiger partial charge < -0.3 is 30.9 Å². The molecular formula is C39H54N10O6. The molecule has 4 N–H and O–H groups in total. The lowest BCUT2D eigenvalue weighted by molar-refractivity contribution is -0.132. The van der Waals surface area contributed by atoms with Crippen LogP contribution < -0.4 is 26.0 Å². The lowest BCUT2D eigenvalue weighted by Gasteiger charge is -2.27. The highest BCUT2D eigenvalue weighted by Crippen LogP contribution is 2.29. The molecule has 2 aliphatic rings. The molecule has 5 rings (SSSR count). The number of hydrogen-bond donors (Lipinski definition) is 4. The van der Waals surface area contributed by atoms with Gasteiger partial charge in [0.1, 0.15) is 24.5 Å². The van der Waals surface area contributed by atoms with Crippen molar-refractivity contribution in [2.24, 2.45) is 5.92 Å². The molecule has 0 saturated carbocycles. The van der Waals surface area contributed by atoms with Gasteiger partial charge in [-0.15, -0.1) is 0 Å². The smallest absolute Gasteiger partial charge is 0.256 e. The van der Waals surface area contributed by atoms with Gasteiger partial charge in [0, 0.05) is 44.1 Å². The lowest BCUT2D eigenvalue weighted by Crippen LogP contribution is -2.54. The maximum Gasteiger partial charge on any atom is 0.256 e. The predicted octanol–water partition coefficient (Wildman–Crippen LogP) is 1.81. The van der Waals surface area contributed by atoms with Gasteiger partial charge in [0.05, 0.1) is 31.0 Å². The Kier molecular flexibility index (Phi) is 13.6. The summed E-state index contributed by atoms with van der Waals surface area (Å²) in [6.45, 7) is 12.9. The summed E-state index contributed by atoms with van der Waals surface area (Å²) in [5.74, 6) is -0.511. The zero-order valence-corrected chi connectivity index (χ0v) is 32.8. The fourth-order valence-electron chi connectivity index (χ4n) is 6.83. The SMILES string of the molecule is COc1nc2c(cc1CN1CCCC(=O)N[C@@H](C)C(=O)N[C@H](Cc3ccccc3)C(=O)N[C@@H](C(C)C)c3nc(C)nn3CC(=O)NCC1)C(=O)N(C(C)C)C2. The maximum absolute atomic E-state index is 13.9. The summed E-state index contributed by atoms with van der Waals surface area (Å²) in [5.41, 5.74) is 2.76. The number of ether oxygens (including phenoxy) is 1. The number of pyridine rings is 1. The third kappa shape index (κ3) is 10.4. The highest BCUT2D eigenvalue weighted by Gasteiger charge is 2.33. The van der Waals surface area contributed by atoms with E-state index in [1.54, 1.807) is 25.9 Å². The van der Waals surface area contributed by atoms with Gasteiger partial charge in [-0.25, -0.2) is 14.6 Å². The molecule has 0 bridgehead atoms. The van der Waals surface area contributed by atoms with Crippen molar-refractivity contribution in [3.63, 3.8) is 0 Å². The van der Waals surface area contributed by atoms with Gasteiger partial charge in [0.25, 0.3) is 5.91 Å². The Labute approximate surface area is 322 Å². The highest BCUT2D eigenvalue weighted by atomic mass is 16.5. The summed E-state index contributed by atoms with van der Waals surface area (Å²) in [6.07, 6.45) is 0.773. The van der Waals surface area contributed by atoms with Crippen molar-refractivity contribution < 1.29 is 28.7 Å². The molecule has 3 atom stereocenters. The van der Waals surface area contributed by atoms with Crippen LogP contribution in [0.5, 0.6) is 5.88 Å². The van der Waals surface area contributed by atoms with Crippen LogP contribution in [0.4, 0.5) is 0 Å². The van der Waals surface area contributed by atoms with Gasteiger partial charge in [-0.3, -0.25) is 28.9 Å². The molecule has 296 valence electrons. The predicted molar refractivity (Wildman–Crippen MR) is 203 cm³/mol. The zero-order chi connectivity index (χ0) is 39.8. The highest BCUT2D eigenvalue weighted by molar-refractivity contribution is 5.98. The Hall–Kier alpha value is -5.38. The molecule has 4 heterocycles. The van der Waals surface area contributed by atoms with Crippen molar-refractivity contribution in [2.75, 3.05) is 26.7 Å². The number of hydrogen-bond acceptors (Lipinski definition) is 10. The Morgan fingerprint density at radius 3 is 2.35 bits per heavy atom. The summed E-state index contributed by atoms with van der Waals surface area (Å²) in [4.78, 5) is 80.2. The number of aryl methyl sites for hydroxylation is 1. The topological polar surface area (TPSA) is 193 Å². The van der Waals surface area contributed by atoms with E-state index in [0.29, 0.717) is 66.9 Å². The molecule has 16 heteroatoms. The minimum Gasteiger partial charge on any atom is -0.481 e. The van der Waals surface area contributed by atoms with Crippen LogP contribution in [-0.2, 0) is 45.2 Å². The second kappa shape index (κ2) is 18.3. The van der Waals surface area contributed by atoms with E-state index in [0.717, 1.165) is 5.56 Å². The molecule has 0 aliphatic carbocycles. The molecule has 0 saturated heterocycles. The Balaban J connectivity index is 1.40. The third-order valence-electron chi connectivity index (χ3n) is 9.82. The van der Waals surface area contributed by atoms with Crippen LogP contribution in [0.15, 0.2) is 36.4 Å². The second-order valence-electron chi connectivity index (χ2n) is 14.9. The van der Waals surface area contributed by atoms with Gasteiger partial charge in [0.2, 0.25) is 29.5 Å². The van der Waals surface area contributed by atoms with Crippen LogP contribution in [0.3, 0.4) is 0 Å². The van der Waals surface area contributed by atoms with E-state index in [4.69, 9.17) is 4.74 Å². The van der Waals surface area contributed by atoms with Crippen LogP contribution in [0.25, 0.3) is 0 Å². The molecule has 0 fully saturated rings. The Morgan fingerprint density at radius 1 is 0.909 bits per heavy atom. The molecule has 2 aliphatic heterocycles. The number of methoxy groups -OCH3 is 1. The maximum atomic E-state index is 13.9. The number of rotatable bonds is 7. The fraction of sp³-hybridized carbons (Fsp3) is 0.538. The molecule has 2 aromatic heterocycles. The number of fused-ring (bicyclic) bond motifs is 2. The quantitative estimate of drug-likeness (QED) is 0.276. The Morgan fingerprint density at radius 2 is 1.65 bits per heavy atom. The summed E-state index contributed by atoms with van der Waals surface area (Å²) in [6, 6.07) is 8.68. The number of nitrogens with one attached hydrogen (secondary N) is 4. The van der Waals surface area contributed by atoms with Crippen molar-refractivity contribution in [3.05, 3.63) is 70.4 Å². The van der Waals surface area contributed by atoms with E-state index >= 15 is 0 Å². The van der Waals surface area contributed by atoms with E-state index in [1.165, 1.54) is 4.68 Å². The standard InChI is InChI=1S/C39H54N10O6/c1-23(2)34-35-42-26(6)46-49(35)22-33(51)40-15-17-47(20-28-19-29-31(44-38(28)55-7)21-48(24(3)4)39(29)54)16-11-14-32(50)41-25(5)36(52)43-30(37(53)45-34)18-27-12-9-8-10-13-27/h8-10,12-13,19,23-25,30,34H,11,14-18,20-22H2,1-7H3,(H,40,51)(H,41,50)(H,43,52)(H,45,53)/t25-,30+,34-/m0/s1. The number of aromatic nitrogens is 4. The van der Waals surface area contributed by atoms with E-state index in [1.807, 2.05) is 64.1 Å². The largest absolute Gasteiger partial charge is 0.481 e. The normalized spacial score (nSPS) is 21.1. The first-order valence-corrected chi connectivity index (χ1v) is 19.0. The van der Waals surface area contributed by atoms with Crippen LogP contribution in [-0.4, -0.2) is 104 Å². The molecule has 1 aromatic carbocycles. The first kappa shape index (κ1) is 40.8.